The molecule has 0 atom stereocenters. The second-order valence-electron chi connectivity index (χ2n) is 4.84. The fourth-order valence-electron chi connectivity index (χ4n) is 2.00. The Bertz CT molecular complexity index is 663. The summed E-state index contributed by atoms with van der Waals surface area (Å²) in [5, 5.41) is 10.3. The molecule has 0 saturated heterocycles. The van der Waals surface area contributed by atoms with Gasteiger partial charge in [-0.1, -0.05) is 17.7 Å². The van der Waals surface area contributed by atoms with Crippen LogP contribution in [-0.4, -0.2) is 39.5 Å². The van der Waals surface area contributed by atoms with Crippen LogP contribution in [-0.2, 0) is 4.79 Å². The normalized spacial score (nSPS) is 11.0. The number of hydrogen-bond acceptors (Lipinski definition) is 2. The molecule has 0 bridgehead atoms. The van der Waals surface area contributed by atoms with E-state index in [1.807, 2.05) is 6.07 Å². The van der Waals surface area contributed by atoms with Crippen molar-refractivity contribution in [3.05, 3.63) is 35.0 Å². The lowest BCUT2D eigenvalue weighted by atomic mass is 10.2. The molecule has 2 aromatic rings. The van der Waals surface area contributed by atoms with Gasteiger partial charge in [-0.15, -0.1) is 0 Å². The Morgan fingerprint density at radius 2 is 2.05 bits per heavy atom. The number of halogens is 1. The Labute approximate surface area is 121 Å². The van der Waals surface area contributed by atoms with Gasteiger partial charge in [0.1, 0.15) is 12.2 Å². The van der Waals surface area contributed by atoms with Crippen molar-refractivity contribution in [1.82, 2.24) is 9.88 Å². The highest BCUT2D eigenvalue weighted by molar-refractivity contribution is 6.31. The molecule has 0 aliphatic rings. The zero-order valence-corrected chi connectivity index (χ0v) is 11.9. The van der Waals surface area contributed by atoms with Gasteiger partial charge in [-0.3, -0.25) is 9.59 Å². The number of carboxylic acid groups (broad SMARTS) is 1. The van der Waals surface area contributed by atoms with Crippen LogP contribution in [0.5, 0.6) is 0 Å². The van der Waals surface area contributed by atoms with Crippen molar-refractivity contribution in [2.45, 2.75) is 19.9 Å². The zero-order chi connectivity index (χ0) is 14.9. The minimum atomic E-state index is -1.04. The van der Waals surface area contributed by atoms with E-state index in [1.165, 1.54) is 4.90 Å². The molecule has 0 unspecified atom stereocenters. The van der Waals surface area contributed by atoms with Gasteiger partial charge >= 0.3 is 5.97 Å². The highest BCUT2D eigenvalue weighted by Gasteiger charge is 2.22. The van der Waals surface area contributed by atoms with Gasteiger partial charge in [0.25, 0.3) is 5.91 Å². The van der Waals surface area contributed by atoms with Crippen molar-refractivity contribution < 1.29 is 14.7 Å². The number of fused-ring (bicyclic) bond motifs is 1. The molecule has 1 heterocycles. The maximum Gasteiger partial charge on any atom is 0.323 e. The maximum atomic E-state index is 12.4. The Morgan fingerprint density at radius 3 is 2.65 bits per heavy atom. The summed E-state index contributed by atoms with van der Waals surface area (Å²) >= 11 is 5.90. The molecule has 1 aromatic heterocycles. The van der Waals surface area contributed by atoms with E-state index in [9.17, 15) is 9.59 Å². The number of nitrogens with one attached hydrogen (secondary N) is 1. The van der Waals surface area contributed by atoms with E-state index in [1.54, 1.807) is 32.0 Å². The molecule has 0 aliphatic carbocycles. The van der Waals surface area contributed by atoms with E-state index in [0.29, 0.717) is 10.7 Å². The molecule has 20 heavy (non-hydrogen) atoms. The largest absolute Gasteiger partial charge is 0.480 e. The molecule has 0 radical (unpaired) electrons. The monoisotopic (exact) mass is 294 g/mol. The number of aliphatic carboxylic acids is 1. The summed E-state index contributed by atoms with van der Waals surface area (Å²) in [5.74, 6) is -1.37. The standard InChI is InChI=1S/C14H15ClN2O3/c1-8(2)17(7-13(18)19)14(20)12-5-9-3-4-10(15)6-11(9)16-12/h3-6,8,16H,7H2,1-2H3,(H,18,19). The SMILES string of the molecule is CC(C)N(CC(=O)O)C(=O)c1cc2ccc(Cl)cc2[nH]1. The maximum absolute atomic E-state index is 12.4. The molecule has 0 aliphatic heterocycles. The molecular weight excluding hydrogens is 280 g/mol. The van der Waals surface area contributed by atoms with Crippen LogP contribution >= 0.6 is 11.6 Å². The number of H-pyrrole nitrogens is 1. The van der Waals surface area contributed by atoms with Crippen molar-refractivity contribution in [3.63, 3.8) is 0 Å². The smallest absolute Gasteiger partial charge is 0.323 e. The number of carbonyl (C=O) groups excluding carboxylic acids is 1. The van der Waals surface area contributed by atoms with E-state index in [0.717, 1.165) is 10.9 Å². The molecular formula is C14H15ClN2O3. The molecule has 5 nitrogen and oxygen atoms in total. The van der Waals surface area contributed by atoms with E-state index in [-0.39, 0.29) is 18.5 Å². The van der Waals surface area contributed by atoms with Gasteiger partial charge in [0.2, 0.25) is 0 Å². The lowest BCUT2D eigenvalue weighted by molar-refractivity contribution is -0.138. The summed E-state index contributed by atoms with van der Waals surface area (Å²) in [5.41, 5.74) is 1.11. The van der Waals surface area contributed by atoms with Gasteiger partial charge in [-0.05, 0) is 32.0 Å². The Balaban J connectivity index is 2.35. The molecule has 106 valence electrons. The number of rotatable bonds is 4. The van der Waals surface area contributed by atoms with Crippen molar-refractivity contribution in [3.8, 4) is 0 Å². The Hall–Kier alpha value is -2.01. The molecule has 0 spiro atoms. The average molecular weight is 295 g/mol. The van der Waals surface area contributed by atoms with E-state index in [4.69, 9.17) is 16.7 Å². The number of nitrogens with zero attached hydrogens (tertiary/aromatic N) is 1. The first-order valence-corrected chi connectivity index (χ1v) is 6.57. The number of hydrogen-bond donors (Lipinski definition) is 2. The third kappa shape index (κ3) is 2.93. The van der Waals surface area contributed by atoms with Gasteiger partial charge in [0, 0.05) is 22.0 Å². The zero-order valence-electron chi connectivity index (χ0n) is 11.2. The topological polar surface area (TPSA) is 73.4 Å². The summed E-state index contributed by atoms with van der Waals surface area (Å²) in [6, 6.07) is 6.77. The molecule has 6 heteroatoms. The Kier molecular flexibility index (Phi) is 3.99. The second-order valence-corrected chi connectivity index (χ2v) is 5.27. The summed E-state index contributed by atoms with van der Waals surface area (Å²) in [6.45, 7) is 3.23. The number of aromatic amines is 1. The van der Waals surface area contributed by atoms with Gasteiger partial charge in [0.05, 0.1) is 0 Å². The predicted octanol–water partition coefficient (Wildman–Crippen LogP) is 2.76. The first kappa shape index (κ1) is 14.4. The van der Waals surface area contributed by atoms with Crippen LogP contribution in [0.3, 0.4) is 0 Å². The van der Waals surface area contributed by atoms with Crippen LogP contribution in [0.4, 0.5) is 0 Å². The predicted molar refractivity (Wildman–Crippen MR) is 77.1 cm³/mol. The van der Waals surface area contributed by atoms with Crippen molar-refractivity contribution in [1.29, 1.82) is 0 Å². The summed E-state index contributed by atoms with van der Waals surface area (Å²) in [6.07, 6.45) is 0. The quantitative estimate of drug-likeness (QED) is 0.910. The van der Waals surface area contributed by atoms with Gasteiger partial charge in [-0.25, -0.2) is 0 Å². The van der Waals surface area contributed by atoms with Crippen LogP contribution < -0.4 is 0 Å². The fourth-order valence-corrected chi connectivity index (χ4v) is 2.18. The first-order chi connectivity index (χ1) is 9.38. The van der Waals surface area contributed by atoms with Gasteiger partial charge in [-0.2, -0.15) is 0 Å². The molecule has 1 amide bonds. The molecule has 1 aromatic carbocycles. The Morgan fingerprint density at radius 1 is 1.35 bits per heavy atom. The lowest BCUT2D eigenvalue weighted by Gasteiger charge is -2.24. The van der Waals surface area contributed by atoms with Crippen molar-refractivity contribution in [2.24, 2.45) is 0 Å². The third-order valence-corrected chi connectivity index (χ3v) is 3.24. The van der Waals surface area contributed by atoms with E-state index >= 15 is 0 Å². The summed E-state index contributed by atoms with van der Waals surface area (Å²) in [7, 11) is 0. The first-order valence-electron chi connectivity index (χ1n) is 6.19. The lowest BCUT2D eigenvalue weighted by Crippen LogP contribution is -2.40. The third-order valence-electron chi connectivity index (χ3n) is 3.00. The van der Waals surface area contributed by atoms with Crippen LogP contribution in [0.2, 0.25) is 5.02 Å². The summed E-state index contributed by atoms with van der Waals surface area (Å²) in [4.78, 5) is 27.5. The highest BCUT2D eigenvalue weighted by Crippen LogP contribution is 2.21. The number of carboxylic acids is 1. The number of amides is 1. The molecule has 2 N–H and O–H groups in total. The number of aromatic nitrogens is 1. The molecule has 2 rings (SSSR count). The highest BCUT2D eigenvalue weighted by atomic mass is 35.5. The second kappa shape index (κ2) is 5.54. The van der Waals surface area contributed by atoms with Crippen LogP contribution in [0.15, 0.2) is 24.3 Å². The fraction of sp³-hybridized carbons (Fsp3) is 0.286. The van der Waals surface area contributed by atoms with Crippen LogP contribution in [0.25, 0.3) is 10.9 Å². The molecule has 0 fully saturated rings. The van der Waals surface area contributed by atoms with E-state index in [2.05, 4.69) is 4.98 Å². The minimum Gasteiger partial charge on any atom is -0.480 e. The summed E-state index contributed by atoms with van der Waals surface area (Å²) < 4.78 is 0. The van der Waals surface area contributed by atoms with E-state index < -0.39 is 5.97 Å². The number of benzene rings is 1. The van der Waals surface area contributed by atoms with Gasteiger partial charge in [0.15, 0.2) is 0 Å². The van der Waals surface area contributed by atoms with Crippen molar-refractivity contribution in [2.75, 3.05) is 6.54 Å². The number of carbonyl (C=O) groups is 2. The molecule has 0 saturated carbocycles. The minimum absolute atomic E-state index is 0.200. The van der Waals surface area contributed by atoms with Crippen molar-refractivity contribution >= 4 is 34.4 Å². The van der Waals surface area contributed by atoms with Gasteiger partial charge < -0.3 is 15.0 Å². The average Bonchev–Trinajstić information content (AvgIpc) is 2.77. The van der Waals surface area contributed by atoms with Crippen LogP contribution in [0, 0.1) is 0 Å². The van der Waals surface area contributed by atoms with Crippen LogP contribution in [0.1, 0.15) is 24.3 Å².